The Morgan fingerprint density at radius 2 is 1.48 bits per heavy atom. The summed E-state index contributed by atoms with van der Waals surface area (Å²) in [4.78, 5) is 37.8. The van der Waals surface area contributed by atoms with Crippen LogP contribution in [0.5, 0.6) is 0 Å². The van der Waals surface area contributed by atoms with Crippen LogP contribution in [0.2, 0.25) is 0 Å². The molecule has 0 unspecified atom stereocenters. The number of nitrogens with zero attached hydrogens (tertiary/aromatic N) is 3. The molecular formula is C18H13N3O4. The van der Waals surface area contributed by atoms with Gasteiger partial charge < -0.3 is 4.74 Å². The van der Waals surface area contributed by atoms with Gasteiger partial charge in [-0.3, -0.25) is 14.4 Å². The lowest BCUT2D eigenvalue weighted by molar-refractivity contribution is -0.000894. The molecule has 7 nitrogen and oxygen atoms in total. The zero-order valence-electron chi connectivity index (χ0n) is 13.1. The smallest absolute Gasteiger partial charge is 0.276 e. The van der Waals surface area contributed by atoms with Crippen LogP contribution in [0.1, 0.15) is 20.7 Å². The number of carbonyl (C=O) groups excluding carboxylic acids is 2. The van der Waals surface area contributed by atoms with Crippen LogP contribution in [0.15, 0.2) is 59.5 Å². The van der Waals surface area contributed by atoms with Crippen LogP contribution >= 0.6 is 0 Å². The minimum atomic E-state index is -0.403. The van der Waals surface area contributed by atoms with Crippen molar-refractivity contribution < 1.29 is 14.3 Å². The number of hydrogen-bond donors (Lipinski definition) is 0. The third-order valence-electron chi connectivity index (χ3n) is 4.07. The van der Waals surface area contributed by atoms with Crippen molar-refractivity contribution in [3.63, 3.8) is 0 Å². The van der Waals surface area contributed by atoms with Crippen molar-refractivity contribution >= 4 is 22.6 Å². The maximum absolute atomic E-state index is 12.3. The third-order valence-corrected chi connectivity index (χ3v) is 4.07. The molecule has 0 atom stereocenters. The number of rotatable bonds is 4. The summed E-state index contributed by atoms with van der Waals surface area (Å²) in [6, 6.07) is 13.7. The predicted molar refractivity (Wildman–Crippen MR) is 88.9 cm³/mol. The number of carbonyl (C=O) groups is 2. The number of ether oxygens (including phenoxy) is 1. The molecule has 2 aromatic carbocycles. The molecule has 2 amide bonds. The van der Waals surface area contributed by atoms with Crippen molar-refractivity contribution in [3.05, 3.63) is 76.2 Å². The molecule has 3 aromatic rings. The summed E-state index contributed by atoms with van der Waals surface area (Å²) in [6.07, 6.45) is 1.57. The Kier molecular flexibility index (Phi) is 3.62. The van der Waals surface area contributed by atoms with E-state index in [1.54, 1.807) is 48.7 Å². The highest BCUT2D eigenvalue weighted by Crippen LogP contribution is 2.22. The van der Waals surface area contributed by atoms with Gasteiger partial charge in [-0.05, 0) is 18.2 Å². The summed E-state index contributed by atoms with van der Waals surface area (Å²) in [5.74, 6) is -0.807. The summed E-state index contributed by atoms with van der Waals surface area (Å²) in [7, 11) is 0. The van der Waals surface area contributed by atoms with Crippen molar-refractivity contribution in [1.82, 2.24) is 14.7 Å². The normalized spacial score (nSPS) is 13.5. The van der Waals surface area contributed by atoms with Gasteiger partial charge in [0.25, 0.3) is 17.4 Å². The molecule has 124 valence electrons. The Bertz CT molecular complexity index is 1020. The summed E-state index contributed by atoms with van der Waals surface area (Å²) >= 11 is 0. The van der Waals surface area contributed by atoms with Gasteiger partial charge in [-0.25, -0.2) is 9.58 Å². The van der Waals surface area contributed by atoms with E-state index >= 15 is 0 Å². The van der Waals surface area contributed by atoms with Crippen molar-refractivity contribution in [2.75, 3.05) is 6.73 Å². The quantitative estimate of drug-likeness (QED) is 0.677. The summed E-state index contributed by atoms with van der Waals surface area (Å²) in [5.41, 5.74) is 0.426. The first-order valence-electron chi connectivity index (χ1n) is 7.64. The summed E-state index contributed by atoms with van der Waals surface area (Å²) in [5, 5.41) is 5.31. The van der Waals surface area contributed by atoms with E-state index in [1.165, 1.54) is 0 Å². The lowest BCUT2D eigenvalue weighted by Gasteiger charge is -2.14. The number of benzene rings is 2. The van der Waals surface area contributed by atoms with Crippen LogP contribution in [-0.4, -0.2) is 33.2 Å². The molecule has 0 spiro atoms. The van der Waals surface area contributed by atoms with Crippen LogP contribution in [0.4, 0.5) is 0 Å². The van der Waals surface area contributed by atoms with E-state index in [9.17, 15) is 14.4 Å². The fourth-order valence-electron chi connectivity index (χ4n) is 2.79. The van der Waals surface area contributed by atoms with Crippen LogP contribution in [0.3, 0.4) is 0 Å². The lowest BCUT2D eigenvalue weighted by Crippen LogP contribution is -2.33. The van der Waals surface area contributed by atoms with Gasteiger partial charge in [-0.2, -0.15) is 5.10 Å². The lowest BCUT2D eigenvalue weighted by atomic mass is 10.1. The maximum atomic E-state index is 12.3. The van der Waals surface area contributed by atoms with Gasteiger partial charge in [0.05, 0.1) is 22.7 Å². The molecule has 4 rings (SSSR count). The van der Waals surface area contributed by atoms with Gasteiger partial charge in [-0.15, -0.1) is 0 Å². The SMILES string of the molecule is O=C1c2ccccc2C(=O)N1COCn1ncc2ccccc2c1=O. The molecule has 0 saturated carbocycles. The zero-order valence-corrected chi connectivity index (χ0v) is 13.1. The standard InChI is InChI=1S/C18H13N3O4/c22-16-14-7-3-4-8-15(14)17(23)20(16)10-25-11-21-18(24)13-6-2-1-5-12(13)9-19-21/h1-9H,10-11H2. The monoisotopic (exact) mass is 335 g/mol. The highest BCUT2D eigenvalue weighted by atomic mass is 16.5. The minimum Gasteiger partial charge on any atom is -0.338 e. The third kappa shape index (κ3) is 2.50. The second kappa shape index (κ2) is 5.95. The number of amides is 2. The molecule has 0 N–H and O–H groups in total. The van der Waals surface area contributed by atoms with E-state index in [4.69, 9.17) is 4.74 Å². The average molecular weight is 335 g/mol. The van der Waals surface area contributed by atoms with Crippen LogP contribution < -0.4 is 5.56 Å². The first-order chi connectivity index (χ1) is 12.2. The molecule has 0 radical (unpaired) electrons. The van der Waals surface area contributed by atoms with Crippen molar-refractivity contribution in [3.8, 4) is 0 Å². The Morgan fingerprint density at radius 3 is 2.20 bits per heavy atom. The van der Waals surface area contributed by atoms with E-state index in [1.807, 2.05) is 6.07 Å². The number of hydrogen-bond acceptors (Lipinski definition) is 5. The van der Waals surface area contributed by atoms with E-state index in [-0.39, 0.29) is 19.0 Å². The molecule has 25 heavy (non-hydrogen) atoms. The average Bonchev–Trinajstić information content (AvgIpc) is 2.89. The number of imide groups is 1. The Balaban J connectivity index is 1.49. The van der Waals surface area contributed by atoms with E-state index in [2.05, 4.69) is 5.10 Å². The predicted octanol–water partition coefficient (Wildman–Crippen LogP) is 1.62. The minimum absolute atomic E-state index is 0.156. The van der Waals surface area contributed by atoms with Crippen molar-refractivity contribution in [2.45, 2.75) is 6.73 Å². The van der Waals surface area contributed by atoms with Crippen LogP contribution in [0.25, 0.3) is 10.8 Å². The highest BCUT2D eigenvalue weighted by Gasteiger charge is 2.35. The molecule has 1 aliphatic heterocycles. The molecular weight excluding hydrogens is 322 g/mol. The van der Waals surface area contributed by atoms with Crippen LogP contribution in [-0.2, 0) is 11.5 Å². The first kappa shape index (κ1) is 15.2. The molecule has 1 aromatic heterocycles. The number of fused-ring (bicyclic) bond motifs is 2. The van der Waals surface area contributed by atoms with E-state index in [0.29, 0.717) is 16.5 Å². The molecule has 0 saturated heterocycles. The molecule has 2 heterocycles. The van der Waals surface area contributed by atoms with E-state index in [0.717, 1.165) is 15.0 Å². The van der Waals surface area contributed by atoms with Gasteiger partial charge in [0, 0.05) is 5.39 Å². The van der Waals surface area contributed by atoms with Crippen molar-refractivity contribution in [2.24, 2.45) is 0 Å². The van der Waals surface area contributed by atoms with Gasteiger partial charge in [-0.1, -0.05) is 30.3 Å². The Labute approximate surface area is 142 Å². The fraction of sp³-hybridized carbons (Fsp3) is 0.111. The molecule has 7 heteroatoms. The molecule has 0 fully saturated rings. The first-order valence-corrected chi connectivity index (χ1v) is 7.64. The topological polar surface area (TPSA) is 81.5 Å². The Hall–Kier alpha value is -3.32. The largest absolute Gasteiger partial charge is 0.338 e. The van der Waals surface area contributed by atoms with Crippen LogP contribution in [0, 0.1) is 0 Å². The van der Waals surface area contributed by atoms with E-state index < -0.39 is 11.8 Å². The second-order valence-corrected chi connectivity index (χ2v) is 5.58. The van der Waals surface area contributed by atoms with Crippen molar-refractivity contribution in [1.29, 1.82) is 0 Å². The summed E-state index contributed by atoms with van der Waals surface area (Å²) in [6.45, 7) is -0.398. The van der Waals surface area contributed by atoms with Gasteiger partial charge in [0.15, 0.2) is 0 Å². The second-order valence-electron chi connectivity index (χ2n) is 5.58. The summed E-state index contributed by atoms with van der Waals surface area (Å²) < 4.78 is 6.54. The van der Waals surface area contributed by atoms with Gasteiger partial charge >= 0.3 is 0 Å². The zero-order chi connectivity index (χ0) is 17.4. The number of aromatic nitrogens is 2. The van der Waals surface area contributed by atoms with Gasteiger partial charge in [0.1, 0.15) is 13.5 Å². The fourth-order valence-corrected chi connectivity index (χ4v) is 2.79. The Morgan fingerprint density at radius 1 is 0.840 bits per heavy atom. The maximum Gasteiger partial charge on any atom is 0.276 e. The molecule has 1 aliphatic rings. The van der Waals surface area contributed by atoms with Gasteiger partial charge in [0.2, 0.25) is 0 Å². The highest BCUT2D eigenvalue weighted by molar-refractivity contribution is 6.21. The molecule has 0 bridgehead atoms. The molecule has 0 aliphatic carbocycles.